The second-order valence-corrected chi connectivity index (χ2v) is 9.92. The van der Waals surface area contributed by atoms with Crippen LogP contribution in [0.1, 0.15) is 59.8 Å². The molecule has 1 N–H and O–H groups in total. The number of anilines is 1. The standard InChI is InChI=1S/C26H31ClN6O2/c1-17-15-33-24(29-25(17)31-12-9-18(16-31)8-10-28)14-22(30-33)23-5-3-4-11-32(23)26(34)20-13-19(35-2)6-7-21(20)27/h6-7,10,13-15,18,23,28H,3-5,8-9,11-12,16H2,1-2H3. The van der Waals surface area contributed by atoms with Crippen LogP contribution in [0.4, 0.5) is 5.82 Å². The van der Waals surface area contributed by atoms with Crippen molar-refractivity contribution in [3.63, 3.8) is 0 Å². The van der Waals surface area contributed by atoms with Crippen LogP contribution in [0.2, 0.25) is 5.02 Å². The Bertz CT molecular complexity index is 1260. The van der Waals surface area contributed by atoms with Gasteiger partial charge in [0.25, 0.3) is 5.91 Å². The van der Waals surface area contributed by atoms with E-state index in [1.54, 1.807) is 25.3 Å². The van der Waals surface area contributed by atoms with Crippen LogP contribution in [0.3, 0.4) is 0 Å². The summed E-state index contributed by atoms with van der Waals surface area (Å²) in [7, 11) is 1.58. The van der Waals surface area contributed by atoms with Crippen LogP contribution in [0.25, 0.3) is 5.65 Å². The van der Waals surface area contributed by atoms with E-state index in [2.05, 4.69) is 11.8 Å². The van der Waals surface area contributed by atoms with Crippen LogP contribution in [0, 0.1) is 18.3 Å². The average molecular weight is 495 g/mol. The van der Waals surface area contributed by atoms with Gasteiger partial charge in [0.05, 0.1) is 29.4 Å². The predicted octanol–water partition coefficient (Wildman–Crippen LogP) is 4.93. The van der Waals surface area contributed by atoms with Gasteiger partial charge in [-0.1, -0.05) is 11.6 Å². The number of amides is 1. The Hall–Kier alpha value is -3.13. The predicted molar refractivity (Wildman–Crippen MR) is 137 cm³/mol. The quantitative estimate of drug-likeness (QED) is 0.491. The highest BCUT2D eigenvalue weighted by Gasteiger charge is 2.32. The first-order valence-electron chi connectivity index (χ1n) is 12.2. The van der Waals surface area contributed by atoms with Crippen LogP contribution in [-0.2, 0) is 0 Å². The number of hydrogen-bond acceptors (Lipinski definition) is 6. The van der Waals surface area contributed by atoms with E-state index in [0.29, 0.717) is 28.8 Å². The Kier molecular flexibility index (Phi) is 6.65. The lowest BCUT2D eigenvalue weighted by atomic mass is 9.98. The zero-order valence-electron chi connectivity index (χ0n) is 20.2. The second-order valence-electron chi connectivity index (χ2n) is 9.52. The van der Waals surface area contributed by atoms with Crippen LogP contribution < -0.4 is 9.64 Å². The van der Waals surface area contributed by atoms with Crippen molar-refractivity contribution in [3.05, 3.63) is 52.3 Å². The molecule has 5 rings (SSSR count). The Labute approximate surface area is 210 Å². The number of hydrogen-bond donors (Lipinski definition) is 1. The molecule has 0 saturated carbocycles. The molecule has 0 radical (unpaired) electrons. The molecule has 184 valence electrons. The molecule has 1 amide bonds. The zero-order valence-corrected chi connectivity index (χ0v) is 21.0. The van der Waals surface area contributed by atoms with Crippen molar-refractivity contribution in [2.75, 3.05) is 31.6 Å². The number of piperidine rings is 1. The van der Waals surface area contributed by atoms with Gasteiger partial charge in [0.2, 0.25) is 0 Å². The van der Waals surface area contributed by atoms with Crippen molar-refractivity contribution in [2.45, 2.75) is 45.1 Å². The van der Waals surface area contributed by atoms with E-state index in [-0.39, 0.29) is 11.9 Å². The molecular weight excluding hydrogens is 464 g/mol. The Morgan fingerprint density at radius 3 is 2.91 bits per heavy atom. The molecule has 2 aliphatic heterocycles. The number of carbonyl (C=O) groups is 1. The van der Waals surface area contributed by atoms with Crippen molar-refractivity contribution in [3.8, 4) is 5.75 Å². The molecule has 8 nitrogen and oxygen atoms in total. The van der Waals surface area contributed by atoms with Gasteiger partial charge in [0.15, 0.2) is 5.65 Å². The summed E-state index contributed by atoms with van der Waals surface area (Å²) in [6, 6.07) is 7.05. The molecule has 2 fully saturated rings. The number of aromatic nitrogens is 3. The number of aryl methyl sites for hydroxylation is 1. The smallest absolute Gasteiger partial charge is 0.256 e. The third kappa shape index (κ3) is 4.59. The number of fused-ring (bicyclic) bond motifs is 1. The SMILES string of the molecule is COc1ccc(Cl)c(C(=O)N2CCCCC2c2cc3nc(N4CCC(CC=N)C4)c(C)cn3n2)c1. The number of halogens is 1. The van der Waals surface area contributed by atoms with Gasteiger partial charge in [-0.15, -0.1) is 0 Å². The minimum atomic E-state index is -0.132. The first-order chi connectivity index (χ1) is 17.0. The van der Waals surface area contributed by atoms with Gasteiger partial charge in [0, 0.05) is 37.5 Å². The number of nitrogens with zero attached hydrogens (tertiary/aromatic N) is 5. The summed E-state index contributed by atoms with van der Waals surface area (Å²) in [5, 5.41) is 12.7. The van der Waals surface area contributed by atoms with E-state index in [1.165, 1.54) is 6.21 Å². The molecule has 0 aliphatic carbocycles. The maximum absolute atomic E-state index is 13.6. The van der Waals surface area contributed by atoms with E-state index >= 15 is 0 Å². The minimum absolute atomic E-state index is 0.102. The molecule has 0 spiro atoms. The highest BCUT2D eigenvalue weighted by Crippen LogP contribution is 2.34. The van der Waals surface area contributed by atoms with Crippen LogP contribution in [0.5, 0.6) is 5.75 Å². The van der Waals surface area contributed by atoms with Crippen molar-refractivity contribution in [2.24, 2.45) is 5.92 Å². The molecule has 2 unspecified atom stereocenters. The van der Waals surface area contributed by atoms with Crippen molar-refractivity contribution in [1.29, 1.82) is 5.41 Å². The van der Waals surface area contributed by atoms with E-state index < -0.39 is 0 Å². The van der Waals surface area contributed by atoms with Crippen molar-refractivity contribution >= 4 is 35.2 Å². The number of methoxy groups -OCH3 is 1. The molecule has 1 aromatic carbocycles. The number of nitrogens with one attached hydrogen (secondary N) is 1. The molecule has 2 aliphatic rings. The summed E-state index contributed by atoms with van der Waals surface area (Å²) in [4.78, 5) is 22.7. The van der Waals surface area contributed by atoms with Gasteiger partial charge < -0.3 is 19.9 Å². The van der Waals surface area contributed by atoms with Gasteiger partial charge in [0.1, 0.15) is 11.6 Å². The summed E-state index contributed by atoms with van der Waals surface area (Å²) >= 11 is 6.40. The number of rotatable bonds is 6. The van der Waals surface area contributed by atoms with Crippen LogP contribution >= 0.6 is 11.6 Å². The number of likely N-dealkylation sites (tertiary alicyclic amines) is 1. The molecule has 2 atom stereocenters. The summed E-state index contributed by atoms with van der Waals surface area (Å²) in [6.07, 6.45) is 8.27. The Morgan fingerprint density at radius 2 is 2.11 bits per heavy atom. The first kappa shape index (κ1) is 23.6. The summed E-state index contributed by atoms with van der Waals surface area (Å²) in [6.45, 7) is 4.60. The molecule has 0 bridgehead atoms. The van der Waals surface area contributed by atoms with Gasteiger partial charge >= 0.3 is 0 Å². The summed E-state index contributed by atoms with van der Waals surface area (Å²) in [5.74, 6) is 2.00. The normalized spacial score (nSPS) is 20.4. The summed E-state index contributed by atoms with van der Waals surface area (Å²) in [5.41, 5.74) is 3.16. The monoisotopic (exact) mass is 494 g/mol. The fraction of sp³-hybridized carbons (Fsp3) is 0.462. The lowest BCUT2D eigenvalue weighted by Gasteiger charge is -2.35. The van der Waals surface area contributed by atoms with Crippen LogP contribution in [0.15, 0.2) is 30.5 Å². The third-order valence-electron chi connectivity index (χ3n) is 7.17. The van der Waals surface area contributed by atoms with Gasteiger partial charge in [-0.3, -0.25) is 4.79 Å². The zero-order chi connectivity index (χ0) is 24.5. The number of carbonyl (C=O) groups excluding carboxylic acids is 1. The molecular formula is C26H31ClN6O2. The van der Waals surface area contributed by atoms with Crippen LogP contribution in [-0.4, -0.2) is 58.4 Å². The fourth-order valence-corrected chi connectivity index (χ4v) is 5.52. The van der Waals surface area contributed by atoms with E-state index in [0.717, 1.165) is 67.9 Å². The maximum Gasteiger partial charge on any atom is 0.256 e. The van der Waals surface area contributed by atoms with E-state index in [4.69, 9.17) is 31.8 Å². The second kappa shape index (κ2) is 9.85. The van der Waals surface area contributed by atoms with E-state index in [1.807, 2.05) is 21.7 Å². The fourth-order valence-electron chi connectivity index (χ4n) is 5.32. The van der Waals surface area contributed by atoms with Gasteiger partial charge in [-0.05, 0) is 69.4 Å². The Balaban J connectivity index is 1.44. The van der Waals surface area contributed by atoms with Gasteiger partial charge in [-0.25, -0.2) is 9.50 Å². The largest absolute Gasteiger partial charge is 0.497 e. The maximum atomic E-state index is 13.6. The third-order valence-corrected chi connectivity index (χ3v) is 7.50. The Morgan fingerprint density at radius 1 is 1.26 bits per heavy atom. The highest BCUT2D eigenvalue weighted by molar-refractivity contribution is 6.33. The molecule has 35 heavy (non-hydrogen) atoms. The topological polar surface area (TPSA) is 86.8 Å². The lowest BCUT2D eigenvalue weighted by Crippen LogP contribution is -2.38. The molecule has 4 heterocycles. The molecule has 2 saturated heterocycles. The highest BCUT2D eigenvalue weighted by atomic mass is 35.5. The van der Waals surface area contributed by atoms with Gasteiger partial charge in [-0.2, -0.15) is 5.10 Å². The average Bonchev–Trinajstić information content (AvgIpc) is 3.50. The van der Waals surface area contributed by atoms with Crippen molar-refractivity contribution < 1.29 is 9.53 Å². The first-order valence-corrected chi connectivity index (χ1v) is 12.6. The molecule has 2 aromatic heterocycles. The van der Waals surface area contributed by atoms with Crippen molar-refractivity contribution in [1.82, 2.24) is 19.5 Å². The lowest BCUT2D eigenvalue weighted by molar-refractivity contribution is 0.0605. The minimum Gasteiger partial charge on any atom is -0.497 e. The molecule has 3 aromatic rings. The summed E-state index contributed by atoms with van der Waals surface area (Å²) < 4.78 is 7.14. The number of ether oxygens (including phenoxy) is 1. The number of benzene rings is 1. The molecule has 9 heteroatoms. The van der Waals surface area contributed by atoms with E-state index in [9.17, 15) is 4.79 Å².